The molecule has 0 bridgehead atoms. The highest BCUT2D eigenvalue weighted by Crippen LogP contribution is 2.36. The Labute approximate surface area is 167 Å². The van der Waals surface area contributed by atoms with E-state index < -0.39 is 4.92 Å². The number of nitro groups is 1. The number of para-hydroxylation sites is 1. The van der Waals surface area contributed by atoms with E-state index in [9.17, 15) is 14.5 Å². The fourth-order valence-corrected chi connectivity index (χ4v) is 3.50. The molecule has 1 aliphatic rings. The van der Waals surface area contributed by atoms with Gasteiger partial charge in [-0.05, 0) is 42.2 Å². The zero-order chi connectivity index (χ0) is 20.2. The Morgan fingerprint density at radius 3 is 2.79 bits per heavy atom. The molecular formula is C22H20FN3O3. The largest absolute Gasteiger partial charge is 0.482 e. The van der Waals surface area contributed by atoms with Crippen molar-refractivity contribution < 1.29 is 14.1 Å². The summed E-state index contributed by atoms with van der Waals surface area (Å²) in [4.78, 5) is 15.1. The SMILES string of the molecule is O=[N+]([O-])c1cccc2c1OC(CNCc1cncc(-c3ccc(F)cc3)c1)CC2. The van der Waals surface area contributed by atoms with Gasteiger partial charge in [-0.1, -0.05) is 24.3 Å². The first-order chi connectivity index (χ1) is 14.1. The first-order valence-electron chi connectivity index (χ1n) is 9.43. The summed E-state index contributed by atoms with van der Waals surface area (Å²) in [6.45, 7) is 1.16. The van der Waals surface area contributed by atoms with Crippen LogP contribution in [0.25, 0.3) is 11.1 Å². The van der Waals surface area contributed by atoms with Gasteiger partial charge in [-0.15, -0.1) is 0 Å². The third kappa shape index (κ3) is 4.41. The van der Waals surface area contributed by atoms with Gasteiger partial charge in [-0.3, -0.25) is 15.1 Å². The maximum Gasteiger partial charge on any atom is 0.311 e. The molecule has 148 valence electrons. The Bertz CT molecular complexity index is 1020. The number of aromatic nitrogens is 1. The minimum Gasteiger partial charge on any atom is -0.482 e. The summed E-state index contributed by atoms with van der Waals surface area (Å²) < 4.78 is 19.0. The number of nitro benzene ring substituents is 1. The van der Waals surface area contributed by atoms with E-state index in [4.69, 9.17) is 4.74 Å². The van der Waals surface area contributed by atoms with E-state index in [2.05, 4.69) is 10.3 Å². The van der Waals surface area contributed by atoms with Crippen LogP contribution in [0.3, 0.4) is 0 Å². The fourth-order valence-electron chi connectivity index (χ4n) is 3.50. The number of benzene rings is 2. The first-order valence-corrected chi connectivity index (χ1v) is 9.43. The van der Waals surface area contributed by atoms with E-state index in [1.807, 2.05) is 12.1 Å². The lowest BCUT2D eigenvalue weighted by Gasteiger charge is -2.26. The number of nitrogens with zero attached hydrogens (tertiary/aromatic N) is 2. The Balaban J connectivity index is 1.37. The van der Waals surface area contributed by atoms with E-state index in [-0.39, 0.29) is 17.6 Å². The van der Waals surface area contributed by atoms with Gasteiger partial charge in [0.15, 0.2) is 0 Å². The molecule has 1 atom stereocenters. The predicted octanol–water partition coefficient (Wildman–Crippen LogP) is 4.28. The summed E-state index contributed by atoms with van der Waals surface area (Å²) in [7, 11) is 0. The molecule has 0 fully saturated rings. The van der Waals surface area contributed by atoms with Gasteiger partial charge in [-0.2, -0.15) is 0 Å². The average molecular weight is 393 g/mol. The number of hydrogen-bond donors (Lipinski definition) is 1. The van der Waals surface area contributed by atoms with Crippen LogP contribution in [0, 0.1) is 15.9 Å². The molecule has 2 aromatic carbocycles. The Morgan fingerprint density at radius 2 is 2.00 bits per heavy atom. The number of ether oxygens (including phenoxy) is 1. The van der Waals surface area contributed by atoms with Crippen LogP contribution < -0.4 is 10.1 Å². The topological polar surface area (TPSA) is 77.3 Å². The summed E-state index contributed by atoms with van der Waals surface area (Å²) >= 11 is 0. The van der Waals surface area contributed by atoms with Crippen molar-refractivity contribution in [1.29, 1.82) is 0 Å². The molecule has 1 aromatic heterocycles. The zero-order valence-corrected chi connectivity index (χ0v) is 15.7. The second-order valence-electron chi connectivity index (χ2n) is 7.02. The van der Waals surface area contributed by atoms with Crippen molar-refractivity contribution in [2.75, 3.05) is 6.54 Å². The number of halogens is 1. The minimum absolute atomic E-state index is 0.0170. The van der Waals surface area contributed by atoms with Gasteiger partial charge < -0.3 is 10.1 Å². The van der Waals surface area contributed by atoms with Crippen molar-refractivity contribution in [3.63, 3.8) is 0 Å². The molecule has 4 rings (SSSR count). The molecule has 6 nitrogen and oxygen atoms in total. The van der Waals surface area contributed by atoms with E-state index >= 15 is 0 Å². The second-order valence-corrected chi connectivity index (χ2v) is 7.02. The zero-order valence-electron chi connectivity index (χ0n) is 15.7. The summed E-state index contributed by atoms with van der Waals surface area (Å²) in [5, 5.41) is 14.6. The lowest BCUT2D eigenvalue weighted by molar-refractivity contribution is -0.386. The van der Waals surface area contributed by atoms with E-state index in [0.717, 1.165) is 35.1 Å². The van der Waals surface area contributed by atoms with Crippen LogP contribution in [0.15, 0.2) is 60.9 Å². The molecule has 0 saturated heterocycles. The smallest absolute Gasteiger partial charge is 0.311 e. The predicted molar refractivity (Wildman–Crippen MR) is 107 cm³/mol. The molecule has 0 aliphatic carbocycles. The fraction of sp³-hybridized carbons (Fsp3) is 0.227. The molecule has 1 aliphatic heterocycles. The van der Waals surface area contributed by atoms with Crippen molar-refractivity contribution in [3.8, 4) is 16.9 Å². The van der Waals surface area contributed by atoms with E-state index in [1.54, 1.807) is 30.6 Å². The summed E-state index contributed by atoms with van der Waals surface area (Å²) in [5.74, 6) is 0.115. The van der Waals surface area contributed by atoms with Gasteiger partial charge in [-0.25, -0.2) is 4.39 Å². The van der Waals surface area contributed by atoms with Crippen LogP contribution in [0.4, 0.5) is 10.1 Å². The van der Waals surface area contributed by atoms with Crippen LogP contribution in [0.5, 0.6) is 5.75 Å². The molecule has 0 amide bonds. The van der Waals surface area contributed by atoms with Crippen LogP contribution in [-0.4, -0.2) is 22.6 Å². The number of fused-ring (bicyclic) bond motifs is 1. The van der Waals surface area contributed by atoms with Gasteiger partial charge in [0.05, 0.1) is 4.92 Å². The molecule has 2 heterocycles. The molecule has 0 spiro atoms. The van der Waals surface area contributed by atoms with E-state index in [0.29, 0.717) is 18.8 Å². The van der Waals surface area contributed by atoms with E-state index in [1.165, 1.54) is 18.2 Å². The maximum absolute atomic E-state index is 13.1. The summed E-state index contributed by atoms with van der Waals surface area (Å²) in [6, 6.07) is 13.4. The van der Waals surface area contributed by atoms with Gasteiger partial charge in [0.2, 0.25) is 5.75 Å². The standard InChI is InChI=1S/C22H20FN3O3/c23-19-7-4-16(5-8-19)18-10-15(11-24-13-18)12-25-14-20-9-6-17-2-1-3-21(26(27)28)22(17)29-20/h1-5,7-8,10-11,13,20,25H,6,9,12,14H2. The average Bonchev–Trinajstić information content (AvgIpc) is 2.74. The Kier molecular flexibility index (Phi) is 5.48. The molecule has 0 saturated carbocycles. The number of hydrogen-bond acceptors (Lipinski definition) is 5. The quantitative estimate of drug-likeness (QED) is 0.500. The van der Waals surface area contributed by atoms with Crippen molar-refractivity contribution in [3.05, 3.63) is 88.0 Å². The van der Waals surface area contributed by atoms with Gasteiger partial charge in [0, 0.05) is 42.7 Å². The summed E-state index contributed by atoms with van der Waals surface area (Å²) in [5.41, 5.74) is 3.71. The molecule has 0 radical (unpaired) electrons. The lowest BCUT2D eigenvalue weighted by atomic mass is 10.0. The number of nitrogens with one attached hydrogen (secondary N) is 1. The van der Waals surface area contributed by atoms with Crippen molar-refractivity contribution >= 4 is 5.69 Å². The normalized spacial score (nSPS) is 15.4. The number of aryl methyl sites for hydroxylation is 1. The highest BCUT2D eigenvalue weighted by Gasteiger charge is 2.26. The highest BCUT2D eigenvalue weighted by molar-refractivity contribution is 5.62. The van der Waals surface area contributed by atoms with Crippen molar-refractivity contribution in [2.24, 2.45) is 0 Å². The third-order valence-electron chi connectivity index (χ3n) is 4.97. The van der Waals surface area contributed by atoms with Crippen molar-refractivity contribution in [1.82, 2.24) is 10.3 Å². The molecule has 3 aromatic rings. The first kappa shape index (κ1) is 19.0. The maximum atomic E-state index is 13.1. The number of rotatable bonds is 6. The molecule has 7 heteroatoms. The van der Waals surface area contributed by atoms with Gasteiger partial charge in [0.25, 0.3) is 0 Å². The van der Waals surface area contributed by atoms with Gasteiger partial charge >= 0.3 is 5.69 Å². The molecule has 1 unspecified atom stereocenters. The highest BCUT2D eigenvalue weighted by atomic mass is 19.1. The summed E-state index contributed by atoms with van der Waals surface area (Å²) in [6.07, 6.45) is 4.95. The van der Waals surface area contributed by atoms with Crippen molar-refractivity contribution in [2.45, 2.75) is 25.5 Å². The number of pyridine rings is 1. The lowest BCUT2D eigenvalue weighted by Crippen LogP contribution is -2.34. The third-order valence-corrected chi connectivity index (χ3v) is 4.97. The Hall–Kier alpha value is -3.32. The Morgan fingerprint density at radius 1 is 1.17 bits per heavy atom. The van der Waals surface area contributed by atoms with Gasteiger partial charge in [0.1, 0.15) is 11.9 Å². The molecule has 29 heavy (non-hydrogen) atoms. The van der Waals surface area contributed by atoms with Crippen LogP contribution in [0.2, 0.25) is 0 Å². The monoisotopic (exact) mass is 393 g/mol. The molecular weight excluding hydrogens is 373 g/mol. The minimum atomic E-state index is -0.402. The second kappa shape index (κ2) is 8.36. The van der Waals surface area contributed by atoms with Crippen LogP contribution in [0.1, 0.15) is 17.5 Å². The molecule has 1 N–H and O–H groups in total. The van der Waals surface area contributed by atoms with Crippen LogP contribution in [-0.2, 0) is 13.0 Å². The van der Waals surface area contributed by atoms with Crippen LogP contribution >= 0.6 is 0 Å².